The molecule has 0 amide bonds. The van der Waals surface area contributed by atoms with Crippen LogP contribution in [-0.4, -0.2) is 24.7 Å². The molecule has 0 aliphatic carbocycles. The molecular weight excluding hydrogens is 200 g/mol. The smallest absolute Gasteiger partial charge is 0.0484 e. The molecule has 16 heavy (non-hydrogen) atoms. The largest absolute Gasteiger partial charge is 0.381 e. The number of nitrogens with one attached hydrogen (secondary N) is 1. The number of nitrogens with zero attached hydrogens (tertiary/aromatic N) is 1. The van der Waals surface area contributed by atoms with Gasteiger partial charge in [0.1, 0.15) is 0 Å². The van der Waals surface area contributed by atoms with Gasteiger partial charge in [0.15, 0.2) is 0 Å². The Labute approximate surface area is 98.2 Å². The van der Waals surface area contributed by atoms with Gasteiger partial charge in [0.2, 0.25) is 0 Å². The Kier molecular flexibility index (Phi) is 6.77. The average Bonchev–Trinajstić information content (AvgIpc) is 2.34. The number of aromatic nitrogens is 1. The highest BCUT2D eigenvalue weighted by Gasteiger charge is 2.09. The third kappa shape index (κ3) is 4.73. The van der Waals surface area contributed by atoms with E-state index in [0.29, 0.717) is 6.04 Å². The minimum atomic E-state index is 0.357. The quantitative estimate of drug-likeness (QED) is 0.686. The second kappa shape index (κ2) is 8.25. The summed E-state index contributed by atoms with van der Waals surface area (Å²) in [5.41, 5.74) is 1.24. The Morgan fingerprint density at radius 1 is 1.38 bits per heavy atom. The Balaban J connectivity index is 2.41. The summed E-state index contributed by atoms with van der Waals surface area (Å²) in [7, 11) is 0. The first-order chi connectivity index (χ1) is 7.88. The molecule has 0 spiro atoms. The lowest BCUT2D eigenvalue weighted by molar-refractivity contribution is 0.124. The van der Waals surface area contributed by atoms with Gasteiger partial charge in [-0.1, -0.05) is 19.9 Å². The molecule has 0 aliphatic rings. The van der Waals surface area contributed by atoms with Crippen molar-refractivity contribution in [3.63, 3.8) is 0 Å². The zero-order chi connectivity index (χ0) is 11.6. The van der Waals surface area contributed by atoms with Crippen molar-refractivity contribution in [1.29, 1.82) is 0 Å². The highest BCUT2D eigenvalue weighted by Crippen LogP contribution is 2.15. The molecule has 1 heterocycles. The maximum atomic E-state index is 5.52. The topological polar surface area (TPSA) is 34.1 Å². The Bertz CT molecular complexity index is 264. The van der Waals surface area contributed by atoms with Crippen molar-refractivity contribution in [1.82, 2.24) is 10.3 Å². The third-order valence-corrected chi connectivity index (χ3v) is 2.44. The number of ether oxygens (including phenoxy) is 1. The van der Waals surface area contributed by atoms with E-state index in [-0.39, 0.29) is 0 Å². The number of hydrogen-bond donors (Lipinski definition) is 1. The summed E-state index contributed by atoms with van der Waals surface area (Å²) in [6.07, 6.45) is 5.81. The van der Waals surface area contributed by atoms with Crippen LogP contribution in [0.2, 0.25) is 0 Å². The van der Waals surface area contributed by atoms with Crippen LogP contribution in [0.1, 0.15) is 38.3 Å². The van der Waals surface area contributed by atoms with Crippen LogP contribution in [-0.2, 0) is 4.74 Å². The third-order valence-electron chi connectivity index (χ3n) is 2.44. The van der Waals surface area contributed by atoms with Crippen LogP contribution in [0.4, 0.5) is 0 Å². The summed E-state index contributed by atoms with van der Waals surface area (Å²) in [5.74, 6) is 0. The SMILES string of the molecule is CCCOCCC(NCC)c1cccnc1. The molecule has 1 aromatic heterocycles. The molecule has 0 aromatic carbocycles. The fourth-order valence-corrected chi connectivity index (χ4v) is 1.66. The second-order valence-corrected chi connectivity index (χ2v) is 3.80. The minimum Gasteiger partial charge on any atom is -0.381 e. The van der Waals surface area contributed by atoms with E-state index in [9.17, 15) is 0 Å². The molecule has 90 valence electrons. The van der Waals surface area contributed by atoms with Gasteiger partial charge in [0.25, 0.3) is 0 Å². The first kappa shape index (κ1) is 13.1. The number of pyridine rings is 1. The summed E-state index contributed by atoms with van der Waals surface area (Å²) in [6, 6.07) is 4.45. The van der Waals surface area contributed by atoms with Gasteiger partial charge in [-0.3, -0.25) is 4.98 Å². The van der Waals surface area contributed by atoms with Gasteiger partial charge >= 0.3 is 0 Å². The molecule has 1 atom stereocenters. The van der Waals surface area contributed by atoms with Crippen molar-refractivity contribution in [2.75, 3.05) is 19.8 Å². The van der Waals surface area contributed by atoms with Gasteiger partial charge in [-0.05, 0) is 31.0 Å². The van der Waals surface area contributed by atoms with Crippen LogP contribution in [0.5, 0.6) is 0 Å². The predicted octanol–water partition coefficient (Wildman–Crippen LogP) is 2.55. The highest BCUT2D eigenvalue weighted by atomic mass is 16.5. The summed E-state index contributed by atoms with van der Waals surface area (Å²) in [6.45, 7) is 6.87. The van der Waals surface area contributed by atoms with Crippen molar-refractivity contribution in [3.05, 3.63) is 30.1 Å². The van der Waals surface area contributed by atoms with Gasteiger partial charge < -0.3 is 10.1 Å². The lowest BCUT2D eigenvalue weighted by atomic mass is 10.1. The number of hydrogen-bond acceptors (Lipinski definition) is 3. The fourth-order valence-electron chi connectivity index (χ4n) is 1.66. The zero-order valence-electron chi connectivity index (χ0n) is 10.3. The van der Waals surface area contributed by atoms with Crippen molar-refractivity contribution in [2.24, 2.45) is 0 Å². The van der Waals surface area contributed by atoms with Gasteiger partial charge in [0, 0.05) is 31.6 Å². The van der Waals surface area contributed by atoms with Crippen LogP contribution in [0.25, 0.3) is 0 Å². The minimum absolute atomic E-state index is 0.357. The average molecular weight is 222 g/mol. The molecule has 0 fully saturated rings. The Morgan fingerprint density at radius 3 is 2.88 bits per heavy atom. The van der Waals surface area contributed by atoms with E-state index in [0.717, 1.165) is 32.6 Å². The molecule has 3 nitrogen and oxygen atoms in total. The maximum absolute atomic E-state index is 5.52. The van der Waals surface area contributed by atoms with Crippen LogP contribution in [0.3, 0.4) is 0 Å². The first-order valence-corrected chi connectivity index (χ1v) is 6.09. The molecule has 0 saturated heterocycles. The Hall–Kier alpha value is -0.930. The van der Waals surface area contributed by atoms with Crippen molar-refractivity contribution in [2.45, 2.75) is 32.7 Å². The van der Waals surface area contributed by atoms with Crippen LogP contribution in [0, 0.1) is 0 Å². The van der Waals surface area contributed by atoms with Gasteiger partial charge in [0.05, 0.1) is 0 Å². The summed E-state index contributed by atoms with van der Waals surface area (Å²) >= 11 is 0. The fraction of sp³-hybridized carbons (Fsp3) is 0.615. The molecule has 1 unspecified atom stereocenters. The second-order valence-electron chi connectivity index (χ2n) is 3.80. The van der Waals surface area contributed by atoms with E-state index in [1.807, 2.05) is 12.3 Å². The van der Waals surface area contributed by atoms with Gasteiger partial charge in [-0.2, -0.15) is 0 Å². The predicted molar refractivity (Wildman–Crippen MR) is 66.4 cm³/mol. The summed E-state index contributed by atoms with van der Waals surface area (Å²) < 4.78 is 5.52. The van der Waals surface area contributed by atoms with E-state index >= 15 is 0 Å². The molecule has 0 bridgehead atoms. The lowest BCUT2D eigenvalue weighted by Crippen LogP contribution is -2.22. The molecule has 0 aliphatic heterocycles. The lowest BCUT2D eigenvalue weighted by Gasteiger charge is -2.17. The summed E-state index contributed by atoms with van der Waals surface area (Å²) in [4.78, 5) is 4.15. The van der Waals surface area contributed by atoms with E-state index in [1.54, 1.807) is 6.20 Å². The maximum Gasteiger partial charge on any atom is 0.0484 e. The zero-order valence-corrected chi connectivity index (χ0v) is 10.3. The molecular formula is C13H22N2O. The van der Waals surface area contributed by atoms with Crippen LogP contribution in [0.15, 0.2) is 24.5 Å². The first-order valence-electron chi connectivity index (χ1n) is 6.09. The Morgan fingerprint density at radius 2 is 2.25 bits per heavy atom. The molecule has 1 rings (SSSR count). The highest BCUT2D eigenvalue weighted by molar-refractivity contribution is 5.13. The van der Waals surface area contributed by atoms with E-state index in [2.05, 4.69) is 30.2 Å². The molecule has 1 N–H and O–H groups in total. The van der Waals surface area contributed by atoms with Gasteiger partial charge in [-0.25, -0.2) is 0 Å². The molecule has 1 aromatic rings. The van der Waals surface area contributed by atoms with E-state index < -0.39 is 0 Å². The molecule has 3 heteroatoms. The van der Waals surface area contributed by atoms with E-state index in [4.69, 9.17) is 4.74 Å². The van der Waals surface area contributed by atoms with Crippen molar-refractivity contribution >= 4 is 0 Å². The normalized spacial score (nSPS) is 12.6. The van der Waals surface area contributed by atoms with Crippen LogP contribution >= 0.6 is 0 Å². The van der Waals surface area contributed by atoms with E-state index in [1.165, 1.54) is 5.56 Å². The van der Waals surface area contributed by atoms with Gasteiger partial charge in [-0.15, -0.1) is 0 Å². The standard InChI is InChI=1S/C13H22N2O/c1-3-9-16-10-7-13(15-4-2)12-6-5-8-14-11-12/h5-6,8,11,13,15H,3-4,7,9-10H2,1-2H3. The van der Waals surface area contributed by atoms with Crippen molar-refractivity contribution < 1.29 is 4.74 Å². The molecule has 0 radical (unpaired) electrons. The summed E-state index contributed by atoms with van der Waals surface area (Å²) in [5, 5.41) is 3.46. The number of rotatable bonds is 8. The van der Waals surface area contributed by atoms with Crippen LogP contribution < -0.4 is 5.32 Å². The van der Waals surface area contributed by atoms with Crippen molar-refractivity contribution in [3.8, 4) is 0 Å². The monoisotopic (exact) mass is 222 g/mol. The molecule has 0 saturated carbocycles.